The van der Waals surface area contributed by atoms with Crippen molar-refractivity contribution in [3.63, 3.8) is 0 Å². The quantitative estimate of drug-likeness (QED) is 0.728. The second-order valence-electron chi connectivity index (χ2n) is 6.80. The van der Waals surface area contributed by atoms with Crippen LogP contribution in [0.4, 0.5) is 8.78 Å². The lowest BCUT2D eigenvalue weighted by molar-refractivity contribution is 0.312. The highest BCUT2D eigenvalue weighted by atomic mass is 19.1. The summed E-state index contributed by atoms with van der Waals surface area (Å²) < 4.78 is 25.6. The van der Waals surface area contributed by atoms with Crippen LogP contribution < -0.4 is 0 Å². The van der Waals surface area contributed by atoms with Gasteiger partial charge in [0.1, 0.15) is 11.6 Å². The maximum Gasteiger partial charge on any atom is 0.123 e. The first kappa shape index (κ1) is 17.1. The van der Waals surface area contributed by atoms with Crippen molar-refractivity contribution in [3.05, 3.63) is 70.3 Å². The van der Waals surface area contributed by atoms with E-state index < -0.39 is 0 Å². The summed E-state index contributed by atoms with van der Waals surface area (Å²) in [5.41, 5.74) is 4.89. The van der Waals surface area contributed by atoms with Gasteiger partial charge in [-0.05, 0) is 73.5 Å². The minimum Gasteiger partial charge on any atom is -0.302 e. The third-order valence-electron chi connectivity index (χ3n) is 4.74. The zero-order valence-electron chi connectivity index (χ0n) is 14.4. The summed E-state index contributed by atoms with van der Waals surface area (Å²) in [5.74, 6) is -0.234. The van der Waals surface area contributed by atoms with Gasteiger partial charge in [0.25, 0.3) is 0 Å². The van der Waals surface area contributed by atoms with E-state index in [0.717, 1.165) is 44.6 Å². The van der Waals surface area contributed by atoms with E-state index in [1.54, 1.807) is 18.2 Å². The Kier molecular flexibility index (Phi) is 5.27. The standard InChI is InChI=1S/2C10H12FN/c1-12-5-4-8-6-10(11)3-2-9(8)7-12;1-12-5-4-8-2-3-10(11)6-9(8)7-12/h2*2-3,6H,4-5,7H2,1H3. The molecular weight excluding hydrogens is 306 g/mol. The van der Waals surface area contributed by atoms with E-state index in [-0.39, 0.29) is 11.6 Å². The van der Waals surface area contributed by atoms with Crippen LogP contribution in [0, 0.1) is 11.6 Å². The molecule has 0 atom stereocenters. The third-order valence-corrected chi connectivity index (χ3v) is 4.74. The molecule has 24 heavy (non-hydrogen) atoms. The maximum absolute atomic E-state index is 12.8. The molecule has 0 saturated heterocycles. The molecule has 0 N–H and O–H groups in total. The Morgan fingerprint density at radius 2 is 1.17 bits per heavy atom. The van der Waals surface area contributed by atoms with Crippen LogP contribution in [0.15, 0.2) is 36.4 Å². The lowest BCUT2D eigenvalue weighted by Gasteiger charge is -2.24. The summed E-state index contributed by atoms with van der Waals surface area (Å²) in [7, 11) is 4.15. The van der Waals surface area contributed by atoms with E-state index in [4.69, 9.17) is 0 Å². The first-order chi connectivity index (χ1) is 11.5. The Labute approximate surface area is 142 Å². The number of benzene rings is 2. The second-order valence-corrected chi connectivity index (χ2v) is 6.80. The fraction of sp³-hybridized carbons (Fsp3) is 0.400. The smallest absolute Gasteiger partial charge is 0.123 e. The molecule has 0 unspecified atom stereocenters. The number of nitrogens with zero attached hydrogens (tertiary/aromatic N) is 2. The Bertz CT molecular complexity index is 715. The second kappa shape index (κ2) is 7.41. The average Bonchev–Trinajstić information content (AvgIpc) is 2.55. The minimum absolute atomic E-state index is 0.113. The summed E-state index contributed by atoms with van der Waals surface area (Å²) in [6, 6.07) is 10.2. The molecule has 0 amide bonds. The van der Waals surface area contributed by atoms with Gasteiger partial charge >= 0.3 is 0 Å². The van der Waals surface area contributed by atoms with Crippen molar-refractivity contribution in [3.8, 4) is 0 Å². The zero-order valence-corrected chi connectivity index (χ0v) is 14.4. The van der Waals surface area contributed by atoms with Gasteiger partial charge in [-0.2, -0.15) is 0 Å². The SMILES string of the molecule is CN1CCc2cc(F)ccc2C1.CN1CCc2ccc(F)cc2C1. The van der Waals surface area contributed by atoms with Crippen molar-refractivity contribution >= 4 is 0 Å². The van der Waals surface area contributed by atoms with Crippen molar-refractivity contribution in [2.45, 2.75) is 25.9 Å². The van der Waals surface area contributed by atoms with Crippen molar-refractivity contribution in [1.29, 1.82) is 0 Å². The van der Waals surface area contributed by atoms with E-state index in [1.165, 1.54) is 22.8 Å². The Hall–Kier alpha value is -1.78. The summed E-state index contributed by atoms with van der Waals surface area (Å²) >= 11 is 0. The molecule has 0 fully saturated rings. The molecule has 0 aromatic heterocycles. The van der Waals surface area contributed by atoms with Crippen LogP contribution in [-0.2, 0) is 25.9 Å². The van der Waals surface area contributed by atoms with Gasteiger partial charge in [0.2, 0.25) is 0 Å². The molecule has 2 nitrogen and oxygen atoms in total. The van der Waals surface area contributed by atoms with E-state index in [9.17, 15) is 8.78 Å². The first-order valence-electron chi connectivity index (χ1n) is 8.43. The summed E-state index contributed by atoms with van der Waals surface area (Å²) in [6.07, 6.45) is 2.02. The minimum atomic E-state index is -0.121. The van der Waals surface area contributed by atoms with Crippen molar-refractivity contribution in [1.82, 2.24) is 9.80 Å². The molecule has 0 aliphatic carbocycles. The Morgan fingerprint density at radius 3 is 1.83 bits per heavy atom. The predicted octanol–water partition coefficient (Wildman–Crippen LogP) is 3.63. The Morgan fingerprint density at radius 1 is 0.667 bits per heavy atom. The highest BCUT2D eigenvalue weighted by Crippen LogP contribution is 2.19. The highest BCUT2D eigenvalue weighted by molar-refractivity contribution is 5.30. The molecule has 2 aromatic rings. The molecule has 0 spiro atoms. The van der Waals surface area contributed by atoms with Crippen LogP contribution in [0.2, 0.25) is 0 Å². The molecule has 2 aromatic carbocycles. The maximum atomic E-state index is 12.8. The molecule has 4 rings (SSSR count). The molecule has 128 valence electrons. The number of likely N-dealkylation sites (N-methyl/N-ethyl adjacent to an activating group) is 2. The summed E-state index contributed by atoms with van der Waals surface area (Å²) in [6.45, 7) is 3.96. The van der Waals surface area contributed by atoms with Gasteiger partial charge in [-0.1, -0.05) is 12.1 Å². The van der Waals surface area contributed by atoms with Gasteiger partial charge in [-0.3, -0.25) is 0 Å². The van der Waals surface area contributed by atoms with Gasteiger partial charge in [0.15, 0.2) is 0 Å². The molecule has 2 aliphatic rings. The first-order valence-corrected chi connectivity index (χ1v) is 8.43. The van der Waals surface area contributed by atoms with Crippen LogP contribution in [-0.4, -0.2) is 37.0 Å². The van der Waals surface area contributed by atoms with Gasteiger partial charge < -0.3 is 9.80 Å². The molecule has 2 aliphatic heterocycles. The predicted molar refractivity (Wildman–Crippen MR) is 92.9 cm³/mol. The average molecular weight is 330 g/mol. The number of hydrogen-bond acceptors (Lipinski definition) is 2. The third kappa shape index (κ3) is 4.19. The van der Waals surface area contributed by atoms with Crippen LogP contribution in [0.1, 0.15) is 22.3 Å². The van der Waals surface area contributed by atoms with Crippen LogP contribution in [0.25, 0.3) is 0 Å². The largest absolute Gasteiger partial charge is 0.302 e. The van der Waals surface area contributed by atoms with Crippen LogP contribution >= 0.6 is 0 Å². The number of fused-ring (bicyclic) bond motifs is 2. The summed E-state index contributed by atoms with van der Waals surface area (Å²) in [5, 5.41) is 0. The molecule has 0 bridgehead atoms. The van der Waals surface area contributed by atoms with Crippen molar-refractivity contribution in [2.75, 3.05) is 27.2 Å². The number of halogens is 2. The number of rotatable bonds is 0. The lowest BCUT2D eigenvalue weighted by Crippen LogP contribution is -2.26. The topological polar surface area (TPSA) is 6.48 Å². The lowest BCUT2D eigenvalue weighted by atomic mass is 10.0. The van der Waals surface area contributed by atoms with Crippen LogP contribution in [0.3, 0.4) is 0 Å². The molecule has 4 heteroatoms. The van der Waals surface area contributed by atoms with Crippen molar-refractivity contribution < 1.29 is 8.78 Å². The van der Waals surface area contributed by atoms with Gasteiger partial charge in [-0.25, -0.2) is 8.78 Å². The highest BCUT2D eigenvalue weighted by Gasteiger charge is 2.13. The fourth-order valence-corrected chi connectivity index (χ4v) is 3.33. The zero-order chi connectivity index (χ0) is 17.1. The molecular formula is C20H24F2N2. The normalized spacial score (nSPS) is 17.5. The van der Waals surface area contributed by atoms with Gasteiger partial charge in [0.05, 0.1) is 0 Å². The van der Waals surface area contributed by atoms with E-state index >= 15 is 0 Å². The Balaban J connectivity index is 0.000000141. The molecule has 2 heterocycles. The van der Waals surface area contributed by atoms with Crippen molar-refractivity contribution in [2.24, 2.45) is 0 Å². The monoisotopic (exact) mass is 330 g/mol. The summed E-state index contributed by atoms with van der Waals surface area (Å²) in [4.78, 5) is 4.46. The van der Waals surface area contributed by atoms with E-state index in [0.29, 0.717) is 0 Å². The van der Waals surface area contributed by atoms with Gasteiger partial charge in [0, 0.05) is 26.2 Å². The van der Waals surface area contributed by atoms with Gasteiger partial charge in [-0.15, -0.1) is 0 Å². The number of hydrogen-bond donors (Lipinski definition) is 0. The van der Waals surface area contributed by atoms with E-state index in [1.807, 2.05) is 12.1 Å². The molecule has 0 saturated carbocycles. The fourth-order valence-electron chi connectivity index (χ4n) is 3.33. The van der Waals surface area contributed by atoms with Crippen LogP contribution in [0.5, 0.6) is 0 Å². The molecule has 0 radical (unpaired) electrons. The van der Waals surface area contributed by atoms with E-state index in [2.05, 4.69) is 23.9 Å².